The van der Waals surface area contributed by atoms with Crippen molar-refractivity contribution in [1.82, 2.24) is 15.5 Å². The number of likely N-dealkylation sites (tertiary alicyclic amines) is 1. The van der Waals surface area contributed by atoms with Crippen LogP contribution >= 0.6 is 11.3 Å². The first-order chi connectivity index (χ1) is 21.6. The van der Waals surface area contributed by atoms with E-state index in [0.717, 1.165) is 16.0 Å². The highest BCUT2D eigenvalue weighted by Crippen LogP contribution is 2.34. The third-order valence-corrected chi connectivity index (χ3v) is 8.95. The average molecular weight is 628 g/mol. The summed E-state index contributed by atoms with van der Waals surface area (Å²) < 4.78 is 18.8. The summed E-state index contributed by atoms with van der Waals surface area (Å²) in [7, 11) is 0. The van der Waals surface area contributed by atoms with E-state index in [0.29, 0.717) is 35.6 Å². The van der Waals surface area contributed by atoms with Crippen molar-refractivity contribution in [2.24, 2.45) is 5.73 Å². The monoisotopic (exact) mass is 627 g/mol. The molecule has 0 radical (unpaired) electrons. The van der Waals surface area contributed by atoms with Crippen molar-refractivity contribution in [3.05, 3.63) is 117 Å². The number of nitrogens with zero attached hydrogens (tertiary/aromatic N) is 1. The second-order valence-electron chi connectivity index (χ2n) is 11.0. The Morgan fingerprint density at radius 1 is 1.04 bits per heavy atom. The number of amidine groups is 1. The second kappa shape index (κ2) is 13.7. The number of thiophene rings is 1. The predicted molar refractivity (Wildman–Crippen MR) is 171 cm³/mol. The Morgan fingerprint density at radius 2 is 1.71 bits per heavy atom. The molecule has 5 rings (SSSR count). The Morgan fingerprint density at radius 3 is 2.36 bits per heavy atom. The lowest BCUT2D eigenvalue weighted by Crippen LogP contribution is -2.49. The minimum atomic E-state index is -0.725. The molecule has 3 aromatic carbocycles. The van der Waals surface area contributed by atoms with E-state index in [1.165, 1.54) is 35.6 Å². The maximum absolute atomic E-state index is 13.6. The van der Waals surface area contributed by atoms with Crippen molar-refractivity contribution >= 4 is 34.9 Å². The molecule has 232 valence electrons. The fourth-order valence-corrected chi connectivity index (χ4v) is 6.32. The van der Waals surface area contributed by atoms with Crippen LogP contribution in [0.2, 0.25) is 0 Å². The van der Waals surface area contributed by atoms with Crippen molar-refractivity contribution in [1.29, 1.82) is 5.41 Å². The molecule has 9 nitrogen and oxygen atoms in total. The van der Waals surface area contributed by atoms with Gasteiger partial charge in [-0.1, -0.05) is 24.3 Å². The Kier molecular flexibility index (Phi) is 9.58. The van der Waals surface area contributed by atoms with E-state index in [-0.39, 0.29) is 42.0 Å². The number of nitrogens with one attached hydrogen (secondary N) is 3. The first-order valence-corrected chi connectivity index (χ1v) is 15.4. The van der Waals surface area contributed by atoms with Gasteiger partial charge in [-0.2, -0.15) is 0 Å². The van der Waals surface area contributed by atoms with Gasteiger partial charge in [0, 0.05) is 33.8 Å². The zero-order valence-corrected chi connectivity index (χ0v) is 25.7. The first kappa shape index (κ1) is 31.4. The maximum Gasteiger partial charge on any atom is 0.251 e. The van der Waals surface area contributed by atoms with Gasteiger partial charge in [-0.05, 0) is 86.0 Å². The van der Waals surface area contributed by atoms with Gasteiger partial charge >= 0.3 is 0 Å². The van der Waals surface area contributed by atoms with Crippen LogP contribution in [0.4, 0.5) is 4.39 Å². The highest BCUT2D eigenvalue weighted by Gasteiger charge is 2.40. The van der Waals surface area contributed by atoms with Gasteiger partial charge in [0.2, 0.25) is 11.8 Å². The topological polar surface area (TPSA) is 138 Å². The number of rotatable bonds is 10. The largest absolute Gasteiger partial charge is 0.457 e. The zero-order chi connectivity index (χ0) is 32.1. The average Bonchev–Trinajstić information content (AvgIpc) is 3.71. The summed E-state index contributed by atoms with van der Waals surface area (Å²) in [6, 6.07) is 20.6. The maximum atomic E-state index is 13.6. The Hall–Kier alpha value is -5.03. The van der Waals surface area contributed by atoms with Gasteiger partial charge in [0.25, 0.3) is 5.91 Å². The molecule has 3 atom stereocenters. The number of ether oxygens (including phenoxy) is 1. The van der Waals surface area contributed by atoms with Crippen LogP contribution in [0.1, 0.15) is 57.2 Å². The number of nitrogens with two attached hydrogens (primary N) is 1. The molecule has 45 heavy (non-hydrogen) atoms. The van der Waals surface area contributed by atoms with E-state index < -0.39 is 11.9 Å². The Labute approximate surface area is 264 Å². The quantitative estimate of drug-likeness (QED) is 0.140. The van der Waals surface area contributed by atoms with Gasteiger partial charge < -0.3 is 26.0 Å². The predicted octanol–water partition coefficient (Wildman–Crippen LogP) is 5.26. The molecule has 1 unspecified atom stereocenters. The molecule has 0 bridgehead atoms. The van der Waals surface area contributed by atoms with Gasteiger partial charge in [0.05, 0.1) is 12.6 Å². The van der Waals surface area contributed by atoms with E-state index in [4.69, 9.17) is 15.9 Å². The number of aryl methyl sites for hydroxylation is 1. The molecule has 0 spiro atoms. The van der Waals surface area contributed by atoms with E-state index in [9.17, 15) is 18.8 Å². The molecular weight excluding hydrogens is 593 g/mol. The number of amides is 3. The highest BCUT2D eigenvalue weighted by molar-refractivity contribution is 7.10. The molecule has 11 heteroatoms. The van der Waals surface area contributed by atoms with Crippen LogP contribution in [0.15, 0.2) is 84.2 Å². The van der Waals surface area contributed by atoms with Gasteiger partial charge in [0.15, 0.2) is 0 Å². The number of carbonyl (C=O) groups excluding carboxylic acids is 3. The molecule has 0 saturated carbocycles. The van der Waals surface area contributed by atoms with Gasteiger partial charge in [-0.3, -0.25) is 19.8 Å². The van der Waals surface area contributed by atoms with Crippen molar-refractivity contribution in [2.45, 2.75) is 38.3 Å². The van der Waals surface area contributed by atoms with Crippen molar-refractivity contribution < 1.29 is 23.5 Å². The van der Waals surface area contributed by atoms with Gasteiger partial charge in [-0.15, -0.1) is 11.3 Å². The number of benzene rings is 3. The molecule has 1 aliphatic rings. The van der Waals surface area contributed by atoms with Crippen LogP contribution in [0.25, 0.3) is 0 Å². The smallest absolute Gasteiger partial charge is 0.251 e. The number of carbonyl (C=O) groups is 3. The molecule has 4 aromatic rings. The Balaban J connectivity index is 1.24. The van der Waals surface area contributed by atoms with Gasteiger partial charge in [0.1, 0.15) is 29.2 Å². The van der Waals surface area contributed by atoms with E-state index in [1.807, 2.05) is 38.1 Å². The molecule has 1 saturated heterocycles. The second-order valence-corrected chi connectivity index (χ2v) is 11.9. The third-order valence-electron chi connectivity index (χ3n) is 7.83. The molecule has 0 aliphatic carbocycles. The summed E-state index contributed by atoms with van der Waals surface area (Å²) in [5.74, 6) is -0.619. The van der Waals surface area contributed by atoms with Gasteiger partial charge in [-0.25, -0.2) is 4.39 Å². The van der Waals surface area contributed by atoms with Crippen molar-refractivity contribution in [3.63, 3.8) is 0 Å². The number of nitrogen functional groups attached to an aromatic ring is 1. The lowest BCUT2D eigenvalue weighted by Gasteiger charge is -2.25. The summed E-state index contributed by atoms with van der Waals surface area (Å²) in [6.07, 6.45) is 0.446. The normalized spacial score (nSPS) is 16.6. The van der Waals surface area contributed by atoms with E-state index in [2.05, 4.69) is 10.6 Å². The lowest BCUT2D eigenvalue weighted by molar-refractivity contribution is -0.137. The first-order valence-electron chi connectivity index (χ1n) is 14.5. The SMILES string of the molecule is Cc1ccccc1[C@H]1C[C@@H](C(=O)NC(C)c2cc(C(=N)N)cs2)N(C(=O)CNC(=O)c2ccc(Oc3ccc(F)cc3)cc2)C1. The highest BCUT2D eigenvalue weighted by atomic mass is 32.1. The van der Waals surface area contributed by atoms with E-state index in [1.54, 1.807) is 40.6 Å². The number of halogens is 1. The third kappa shape index (κ3) is 7.55. The molecule has 1 aliphatic heterocycles. The van der Waals surface area contributed by atoms with Crippen molar-refractivity contribution in [2.75, 3.05) is 13.1 Å². The molecule has 1 fully saturated rings. The molecule has 3 amide bonds. The van der Waals surface area contributed by atoms with E-state index >= 15 is 0 Å². The minimum Gasteiger partial charge on any atom is -0.457 e. The van der Waals surface area contributed by atoms with Crippen LogP contribution in [-0.4, -0.2) is 47.6 Å². The van der Waals surface area contributed by atoms with Crippen LogP contribution in [0, 0.1) is 18.2 Å². The Bertz CT molecular complexity index is 1710. The fourth-order valence-electron chi connectivity index (χ4n) is 5.40. The van der Waals surface area contributed by atoms with Crippen LogP contribution in [0.5, 0.6) is 11.5 Å². The lowest BCUT2D eigenvalue weighted by atomic mass is 9.92. The summed E-state index contributed by atoms with van der Waals surface area (Å²) in [5.41, 5.74) is 8.69. The molecule has 2 heterocycles. The standard InChI is InChI=1S/C34H34FN5O4S/c1-20-5-3-4-6-28(20)23-15-29(34(43)39-21(2)30-16-24(19-45-30)32(36)37)40(18-23)31(41)17-38-33(42)22-7-11-26(12-8-22)44-27-13-9-25(35)10-14-27/h3-14,16,19,21,23,29H,15,17-18H2,1-2H3,(H3,36,37)(H,38,42)(H,39,43)/t21?,23-,29-/m0/s1. The molecule has 5 N–H and O–H groups in total. The number of hydrogen-bond acceptors (Lipinski definition) is 6. The van der Waals surface area contributed by atoms with Crippen LogP contribution in [-0.2, 0) is 9.59 Å². The number of hydrogen-bond donors (Lipinski definition) is 4. The van der Waals surface area contributed by atoms with Crippen LogP contribution < -0.4 is 21.1 Å². The van der Waals surface area contributed by atoms with Crippen LogP contribution in [0.3, 0.4) is 0 Å². The summed E-state index contributed by atoms with van der Waals surface area (Å²) in [4.78, 5) is 42.4. The van der Waals surface area contributed by atoms with Crippen molar-refractivity contribution in [3.8, 4) is 11.5 Å². The summed E-state index contributed by atoms with van der Waals surface area (Å²) in [5, 5.41) is 15.1. The zero-order valence-electron chi connectivity index (χ0n) is 24.9. The summed E-state index contributed by atoms with van der Waals surface area (Å²) >= 11 is 1.40. The fraction of sp³-hybridized carbons (Fsp3) is 0.235. The summed E-state index contributed by atoms with van der Waals surface area (Å²) in [6.45, 7) is 3.93. The molecular formula is C34H34FN5O4S. The molecule has 1 aromatic heterocycles. The minimum absolute atomic E-state index is 0.0408.